The van der Waals surface area contributed by atoms with E-state index in [-0.39, 0.29) is 27.9 Å². The van der Waals surface area contributed by atoms with Gasteiger partial charge in [0.1, 0.15) is 0 Å². The summed E-state index contributed by atoms with van der Waals surface area (Å²) in [6, 6.07) is 2.79. The Labute approximate surface area is 114 Å². The van der Waals surface area contributed by atoms with Gasteiger partial charge in [-0.05, 0) is 19.1 Å². The highest BCUT2D eigenvalue weighted by Gasteiger charge is 2.16. The fourth-order valence-electron chi connectivity index (χ4n) is 1.31. The first-order valence-electron chi connectivity index (χ1n) is 5.17. The normalized spacial score (nSPS) is 10.1. The number of anilines is 1. The molecule has 5 nitrogen and oxygen atoms in total. The number of carbonyl (C=O) groups excluding carboxylic acids is 1. The number of rotatable bonds is 5. The summed E-state index contributed by atoms with van der Waals surface area (Å²) in [7, 11) is 0. The van der Waals surface area contributed by atoms with Crippen LogP contribution in [0.3, 0.4) is 0 Å². The second-order valence-corrected chi connectivity index (χ2v) is 4.82. The predicted octanol–water partition coefficient (Wildman–Crippen LogP) is 1.85. The minimum atomic E-state index is -1.12. The standard InChI is InChI=1S/C11H13ClN2O3S/c1-2-14-9(15)5-18-10-7(11(16)17)3-6(13)4-8(10)12/h3-4H,2,5,13H2,1H3,(H,14,15)(H,16,17). The molecule has 7 heteroatoms. The summed E-state index contributed by atoms with van der Waals surface area (Å²) in [5.41, 5.74) is 5.82. The van der Waals surface area contributed by atoms with E-state index in [4.69, 9.17) is 22.4 Å². The van der Waals surface area contributed by atoms with Gasteiger partial charge < -0.3 is 16.2 Å². The molecule has 0 atom stereocenters. The minimum absolute atomic E-state index is 0.00861. The maximum atomic E-state index is 11.3. The van der Waals surface area contributed by atoms with E-state index in [1.807, 2.05) is 0 Å². The van der Waals surface area contributed by atoms with Gasteiger partial charge in [0, 0.05) is 17.1 Å². The average molecular weight is 289 g/mol. The second-order valence-electron chi connectivity index (χ2n) is 3.43. The summed E-state index contributed by atoms with van der Waals surface area (Å²) in [6.07, 6.45) is 0. The zero-order valence-electron chi connectivity index (χ0n) is 9.70. The van der Waals surface area contributed by atoms with Crippen LogP contribution in [0, 0.1) is 0 Å². The molecule has 0 aliphatic heterocycles. The average Bonchev–Trinajstić information content (AvgIpc) is 2.27. The minimum Gasteiger partial charge on any atom is -0.478 e. The van der Waals surface area contributed by atoms with Gasteiger partial charge in [0.2, 0.25) is 5.91 Å². The number of nitrogens with one attached hydrogen (secondary N) is 1. The van der Waals surface area contributed by atoms with Crippen molar-refractivity contribution in [3.05, 3.63) is 22.7 Å². The van der Waals surface area contributed by atoms with E-state index in [1.54, 1.807) is 6.92 Å². The highest BCUT2D eigenvalue weighted by Crippen LogP contribution is 2.32. The van der Waals surface area contributed by atoms with E-state index in [0.29, 0.717) is 11.4 Å². The third-order valence-electron chi connectivity index (χ3n) is 2.02. The van der Waals surface area contributed by atoms with Crippen LogP contribution in [-0.2, 0) is 4.79 Å². The number of aromatic carboxylic acids is 1. The number of carbonyl (C=O) groups is 2. The lowest BCUT2D eigenvalue weighted by Gasteiger charge is -2.09. The van der Waals surface area contributed by atoms with Crippen LogP contribution in [0.5, 0.6) is 0 Å². The van der Waals surface area contributed by atoms with Crippen LogP contribution in [0.2, 0.25) is 5.02 Å². The molecule has 0 heterocycles. The van der Waals surface area contributed by atoms with Crippen LogP contribution in [0.15, 0.2) is 17.0 Å². The molecule has 0 saturated heterocycles. The van der Waals surface area contributed by atoms with Crippen LogP contribution in [-0.4, -0.2) is 29.3 Å². The summed E-state index contributed by atoms with van der Waals surface area (Å²) >= 11 is 7.02. The van der Waals surface area contributed by atoms with Crippen molar-refractivity contribution >= 4 is 40.9 Å². The quantitative estimate of drug-likeness (QED) is 0.568. The van der Waals surface area contributed by atoms with E-state index in [9.17, 15) is 9.59 Å². The SMILES string of the molecule is CCNC(=O)CSc1c(Cl)cc(N)cc1C(=O)O. The van der Waals surface area contributed by atoms with Crippen molar-refractivity contribution in [2.45, 2.75) is 11.8 Å². The van der Waals surface area contributed by atoms with E-state index < -0.39 is 5.97 Å². The highest BCUT2D eigenvalue weighted by atomic mass is 35.5. The Morgan fingerprint density at radius 3 is 2.72 bits per heavy atom. The number of hydrogen-bond donors (Lipinski definition) is 3. The first-order chi connectivity index (χ1) is 8.45. The Hall–Kier alpha value is -1.40. The highest BCUT2D eigenvalue weighted by molar-refractivity contribution is 8.00. The first kappa shape index (κ1) is 14.7. The zero-order valence-corrected chi connectivity index (χ0v) is 11.3. The number of nitrogen functional groups attached to an aromatic ring is 1. The Morgan fingerprint density at radius 2 is 2.17 bits per heavy atom. The monoisotopic (exact) mass is 288 g/mol. The lowest BCUT2D eigenvalue weighted by Crippen LogP contribution is -2.24. The molecule has 1 amide bonds. The van der Waals surface area contributed by atoms with Gasteiger partial charge in [-0.15, -0.1) is 11.8 Å². The van der Waals surface area contributed by atoms with Gasteiger partial charge in [0.15, 0.2) is 0 Å². The van der Waals surface area contributed by atoms with Gasteiger partial charge in [0.05, 0.1) is 16.3 Å². The van der Waals surface area contributed by atoms with E-state index in [1.165, 1.54) is 12.1 Å². The van der Waals surface area contributed by atoms with E-state index >= 15 is 0 Å². The number of amides is 1. The lowest BCUT2D eigenvalue weighted by atomic mass is 10.2. The Balaban J connectivity index is 2.93. The number of thioether (sulfide) groups is 1. The van der Waals surface area contributed by atoms with Crippen molar-refractivity contribution in [2.24, 2.45) is 0 Å². The summed E-state index contributed by atoms with van der Waals surface area (Å²) < 4.78 is 0. The van der Waals surface area contributed by atoms with Crippen LogP contribution in [0.4, 0.5) is 5.69 Å². The molecule has 0 unspecified atom stereocenters. The molecule has 1 rings (SSSR count). The molecule has 0 fully saturated rings. The molecule has 0 aromatic heterocycles. The van der Waals surface area contributed by atoms with Crippen LogP contribution < -0.4 is 11.1 Å². The summed E-state index contributed by atoms with van der Waals surface area (Å²) in [4.78, 5) is 22.7. The second kappa shape index (κ2) is 6.51. The van der Waals surface area contributed by atoms with E-state index in [2.05, 4.69) is 5.32 Å². The summed E-state index contributed by atoms with van der Waals surface area (Å²) in [5, 5.41) is 11.9. The number of carboxylic acids is 1. The molecular formula is C11H13ClN2O3S. The molecular weight excluding hydrogens is 276 g/mol. The number of nitrogens with two attached hydrogens (primary N) is 1. The molecule has 1 aromatic rings. The maximum absolute atomic E-state index is 11.3. The molecule has 0 aliphatic rings. The molecule has 1 aromatic carbocycles. The van der Waals surface area contributed by atoms with E-state index in [0.717, 1.165) is 11.8 Å². The smallest absolute Gasteiger partial charge is 0.336 e. The number of benzene rings is 1. The van der Waals surface area contributed by atoms with Gasteiger partial charge in [-0.25, -0.2) is 4.79 Å². The summed E-state index contributed by atoms with van der Waals surface area (Å²) in [6.45, 7) is 2.34. The maximum Gasteiger partial charge on any atom is 0.336 e. The Kier molecular flexibility index (Phi) is 5.30. The topological polar surface area (TPSA) is 92.4 Å². The van der Waals surface area contributed by atoms with Crippen molar-refractivity contribution in [3.63, 3.8) is 0 Å². The van der Waals surface area contributed by atoms with Gasteiger partial charge >= 0.3 is 5.97 Å². The molecule has 18 heavy (non-hydrogen) atoms. The number of halogens is 1. The molecule has 0 saturated carbocycles. The molecule has 0 spiro atoms. The third-order valence-corrected chi connectivity index (χ3v) is 3.56. The van der Waals surface area contributed by atoms with Gasteiger partial charge in [-0.2, -0.15) is 0 Å². The van der Waals surface area contributed by atoms with Crippen molar-refractivity contribution in [1.82, 2.24) is 5.32 Å². The Bertz CT molecular complexity index is 480. The van der Waals surface area contributed by atoms with Crippen LogP contribution >= 0.6 is 23.4 Å². The third kappa shape index (κ3) is 3.82. The van der Waals surface area contributed by atoms with Crippen molar-refractivity contribution in [1.29, 1.82) is 0 Å². The fourth-order valence-corrected chi connectivity index (χ4v) is 2.57. The molecule has 4 N–H and O–H groups in total. The van der Waals surface area contributed by atoms with Crippen LogP contribution in [0.25, 0.3) is 0 Å². The van der Waals surface area contributed by atoms with Crippen molar-refractivity contribution in [2.75, 3.05) is 18.0 Å². The van der Waals surface area contributed by atoms with Crippen molar-refractivity contribution in [3.8, 4) is 0 Å². The lowest BCUT2D eigenvalue weighted by molar-refractivity contribution is -0.118. The number of hydrogen-bond acceptors (Lipinski definition) is 4. The predicted molar refractivity (Wildman–Crippen MR) is 72.2 cm³/mol. The Morgan fingerprint density at radius 1 is 1.50 bits per heavy atom. The van der Waals surface area contributed by atoms with Gasteiger partial charge in [-0.3, -0.25) is 4.79 Å². The molecule has 0 aliphatic carbocycles. The van der Waals surface area contributed by atoms with Gasteiger partial charge in [-0.1, -0.05) is 11.6 Å². The van der Waals surface area contributed by atoms with Gasteiger partial charge in [0.25, 0.3) is 0 Å². The fraction of sp³-hybridized carbons (Fsp3) is 0.273. The number of carboxylic acid groups (broad SMARTS) is 1. The molecule has 0 radical (unpaired) electrons. The van der Waals surface area contributed by atoms with Crippen molar-refractivity contribution < 1.29 is 14.7 Å². The first-order valence-corrected chi connectivity index (χ1v) is 6.53. The molecule has 98 valence electrons. The van der Waals surface area contributed by atoms with Crippen LogP contribution in [0.1, 0.15) is 17.3 Å². The zero-order chi connectivity index (χ0) is 13.7. The largest absolute Gasteiger partial charge is 0.478 e. The summed E-state index contributed by atoms with van der Waals surface area (Å²) in [5.74, 6) is -1.19. The molecule has 0 bridgehead atoms.